The largest absolute Gasteiger partial charge is 0.477 e. The van der Waals surface area contributed by atoms with Gasteiger partial charge in [0.25, 0.3) is 5.91 Å². The topological polar surface area (TPSA) is 126 Å². The quantitative estimate of drug-likeness (QED) is 0.250. The summed E-state index contributed by atoms with van der Waals surface area (Å²) in [6.45, 7) is 3.79. The zero-order valence-electron chi connectivity index (χ0n) is 21.5. The van der Waals surface area contributed by atoms with Crippen LogP contribution >= 0.6 is 0 Å². The molecule has 3 heterocycles. The highest BCUT2D eigenvalue weighted by Gasteiger charge is 2.21. The fraction of sp³-hybridized carbons (Fsp3) is 0.286. The number of rotatable bonds is 9. The van der Waals surface area contributed by atoms with Crippen LogP contribution in [0.1, 0.15) is 33.5 Å². The lowest BCUT2D eigenvalue weighted by Gasteiger charge is -2.19. The number of fused-ring (bicyclic) bond motifs is 1. The summed E-state index contributed by atoms with van der Waals surface area (Å²) in [5, 5.41) is 22.6. The predicted molar refractivity (Wildman–Crippen MR) is 146 cm³/mol. The highest BCUT2D eigenvalue weighted by Crippen LogP contribution is 2.33. The minimum absolute atomic E-state index is 0.0817. The van der Waals surface area contributed by atoms with Crippen LogP contribution in [0.15, 0.2) is 54.9 Å². The standard InChI is InChI=1S/C28H31N7O3/c1-18-5-6-19(15-29-11-12-36)14-24(18)32-26(37)20-7-9-22(10-8-20)31-28-33-25(21-16-30-35(2)17-21)23-4-3-13-38-27(23)34-28/h5-10,14,16-17,29,36H,3-4,11-13,15H2,1-2H3,(H,32,37)(H,31,33,34). The molecule has 0 fully saturated rings. The molecule has 1 amide bonds. The van der Waals surface area contributed by atoms with Crippen molar-refractivity contribution < 1.29 is 14.6 Å². The predicted octanol–water partition coefficient (Wildman–Crippen LogP) is 3.59. The Morgan fingerprint density at radius 3 is 2.76 bits per heavy atom. The third-order valence-electron chi connectivity index (χ3n) is 6.33. The molecular weight excluding hydrogens is 482 g/mol. The van der Waals surface area contributed by atoms with Gasteiger partial charge in [-0.05, 0) is 61.2 Å². The Hall–Kier alpha value is -4.28. The molecule has 4 aromatic rings. The summed E-state index contributed by atoms with van der Waals surface area (Å²) >= 11 is 0. The number of aromatic nitrogens is 4. The van der Waals surface area contributed by atoms with Crippen molar-refractivity contribution in [2.45, 2.75) is 26.3 Å². The van der Waals surface area contributed by atoms with Crippen LogP contribution in [0.4, 0.5) is 17.3 Å². The van der Waals surface area contributed by atoms with E-state index in [9.17, 15) is 4.79 Å². The first kappa shape index (κ1) is 25.4. The van der Waals surface area contributed by atoms with E-state index in [0.29, 0.717) is 37.1 Å². The molecule has 0 atom stereocenters. The van der Waals surface area contributed by atoms with E-state index >= 15 is 0 Å². The molecule has 10 heteroatoms. The van der Waals surface area contributed by atoms with Crippen molar-refractivity contribution in [3.63, 3.8) is 0 Å². The van der Waals surface area contributed by atoms with Crippen LogP contribution in [0.5, 0.6) is 5.88 Å². The van der Waals surface area contributed by atoms with E-state index in [1.54, 1.807) is 23.0 Å². The Balaban J connectivity index is 1.30. The second-order valence-electron chi connectivity index (χ2n) is 9.24. The summed E-state index contributed by atoms with van der Waals surface area (Å²) < 4.78 is 7.58. The third kappa shape index (κ3) is 5.82. The van der Waals surface area contributed by atoms with Crippen LogP contribution < -0.4 is 20.7 Å². The highest BCUT2D eigenvalue weighted by atomic mass is 16.5. The average molecular weight is 514 g/mol. The van der Waals surface area contributed by atoms with Crippen molar-refractivity contribution in [2.24, 2.45) is 7.05 Å². The zero-order chi connectivity index (χ0) is 26.5. The zero-order valence-corrected chi connectivity index (χ0v) is 21.5. The van der Waals surface area contributed by atoms with Gasteiger partial charge in [0, 0.05) is 54.4 Å². The summed E-state index contributed by atoms with van der Waals surface area (Å²) in [6.07, 6.45) is 5.49. The van der Waals surface area contributed by atoms with Gasteiger partial charge in [-0.2, -0.15) is 10.1 Å². The van der Waals surface area contributed by atoms with E-state index in [4.69, 9.17) is 14.8 Å². The van der Waals surface area contributed by atoms with Gasteiger partial charge in [-0.1, -0.05) is 12.1 Å². The Labute approximate surface area is 221 Å². The molecule has 2 aromatic carbocycles. The molecule has 4 N–H and O–H groups in total. The maximum absolute atomic E-state index is 12.9. The lowest BCUT2D eigenvalue weighted by atomic mass is 10.0. The SMILES string of the molecule is Cc1ccc(CNCCO)cc1NC(=O)c1ccc(Nc2nc3c(c(-c4cnn(C)c4)n2)CCCO3)cc1. The van der Waals surface area contributed by atoms with Crippen molar-refractivity contribution in [3.05, 3.63) is 77.1 Å². The molecular formula is C28H31N7O3. The van der Waals surface area contributed by atoms with E-state index < -0.39 is 0 Å². The molecule has 1 aliphatic heterocycles. The molecule has 38 heavy (non-hydrogen) atoms. The number of hydrogen-bond acceptors (Lipinski definition) is 8. The summed E-state index contributed by atoms with van der Waals surface area (Å²) in [5.41, 5.74) is 6.75. The summed E-state index contributed by atoms with van der Waals surface area (Å²) in [4.78, 5) is 22.3. The maximum atomic E-state index is 12.9. The molecule has 0 radical (unpaired) electrons. The van der Waals surface area contributed by atoms with Crippen molar-refractivity contribution in [3.8, 4) is 17.1 Å². The third-order valence-corrected chi connectivity index (χ3v) is 6.33. The lowest BCUT2D eigenvalue weighted by Crippen LogP contribution is -2.18. The summed E-state index contributed by atoms with van der Waals surface area (Å²) in [6, 6.07) is 13.1. The van der Waals surface area contributed by atoms with Gasteiger partial charge in [-0.25, -0.2) is 4.98 Å². The van der Waals surface area contributed by atoms with Gasteiger partial charge in [-0.15, -0.1) is 0 Å². The molecule has 10 nitrogen and oxygen atoms in total. The van der Waals surface area contributed by atoms with Gasteiger partial charge in [0.2, 0.25) is 11.8 Å². The number of aliphatic hydroxyl groups excluding tert-OH is 1. The van der Waals surface area contributed by atoms with Crippen LogP contribution in [-0.4, -0.2) is 50.5 Å². The fourth-order valence-corrected chi connectivity index (χ4v) is 4.32. The molecule has 196 valence electrons. The van der Waals surface area contributed by atoms with E-state index in [1.807, 2.05) is 50.5 Å². The van der Waals surface area contributed by atoms with Crippen LogP contribution in [0.3, 0.4) is 0 Å². The summed E-state index contributed by atoms with van der Waals surface area (Å²) in [7, 11) is 1.87. The first-order valence-corrected chi connectivity index (χ1v) is 12.6. The molecule has 0 aliphatic carbocycles. The Kier molecular flexibility index (Phi) is 7.62. The average Bonchev–Trinajstić information content (AvgIpc) is 3.36. The first-order chi connectivity index (χ1) is 18.5. The van der Waals surface area contributed by atoms with E-state index in [0.717, 1.165) is 52.2 Å². The van der Waals surface area contributed by atoms with Crippen LogP contribution in [0, 0.1) is 6.92 Å². The van der Waals surface area contributed by atoms with Gasteiger partial charge in [0.05, 0.1) is 25.1 Å². The van der Waals surface area contributed by atoms with Crippen LogP contribution in [0.2, 0.25) is 0 Å². The van der Waals surface area contributed by atoms with Gasteiger partial charge >= 0.3 is 0 Å². The van der Waals surface area contributed by atoms with Crippen molar-refractivity contribution in [1.29, 1.82) is 0 Å². The maximum Gasteiger partial charge on any atom is 0.255 e. The van der Waals surface area contributed by atoms with Crippen LogP contribution in [-0.2, 0) is 20.0 Å². The number of hydrogen-bond donors (Lipinski definition) is 4. The lowest BCUT2D eigenvalue weighted by molar-refractivity contribution is 0.102. The van der Waals surface area contributed by atoms with E-state index in [2.05, 4.69) is 26.0 Å². The summed E-state index contributed by atoms with van der Waals surface area (Å²) in [5.74, 6) is 0.814. The van der Waals surface area contributed by atoms with Crippen molar-refractivity contribution in [2.75, 3.05) is 30.4 Å². The van der Waals surface area contributed by atoms with E-state index in [1.165, 1.54) is 0 Å². The molecule has 5 rings (SSSR count). The van der Waals surface area contributed by atoms with Crippen molar-refractivity contribution >= 4 is 23.2 Å². The number of amides is 1. The minimum Gasteiger partial charge on any atom is -0.477 e. The number of aryl methyl sites for hydroxylation is 2. The number of nitrogens with zero attached hydrogens (tertiary/aromatic N) is 4. The van der Waals surface area contributed by atoms with Crippen LogP contribution in [0.25, 0.3) is 11.3 Å². The number of ether oxygens (including phenoxy) is 1. The van der Waals surface area contributed by atoms with Crippen molar-refractivity contribution in [1.82, 2.24) is 25.1 Å². The van der Waals surface area contributed by atoms with Gasteiger partial charge in [0.1, 0.15) is 0 Å². The number of carbonyl (C=O) groups excluding carboxylic acids is 1. The molecule has 0 saturated heterocycles. The van der Waals surface area contributed by atoms with Gasteiger partial charge < -0.3 is 25.8 Å². The monoisotopic (exact) mass is 513 g/mol. The minimum atomic E-state index is -0.197. The Morgan fingerprint density at radius 2 is 2.00 bits per heavy atom. The Morgan fingerprint density at radius 1 is 1.16 bits per heavy atom. The first-order valence-electron chi connectivity index (χ1n) is 12.6. The normalized spacial score (nSPS) is 12.5. The molecule has 0 spiro atoms. The van der Waals surface area contributed by atoms with Gasteiger partial charge in [-0.3, -0.25) is 9.48 Å². The molecule has 1 aliphatic rings. The number of carbonyl (C=O) groups is 1. The molecule has 0 bridgehead atoms. The smallest absolute Gasteiger partial charge is 0.255 e. The van der Waals surface area contributed by atoms with E-state index in [-0.39, 0.29) is 12.5 Å². The number of anilines is 3. The number of benzene rings is 2. The highest BCUT2D eigenvalue weighted by molar-refractivity contribution is 6.04. The Bertz CT molecular complexity index is 1430. The van der Waals surface area contributed by atoms with Gasteiger partial charge in [0.15, 0.2) is 0 Å². The second-order valence-corrected chi connectivity index (χ2v) is 9.24. The molecule has 0 saturated carbocycles. The molecule has 0 unspecified atom stereocenters. The number of nitrogens with one attached hydrogen (secondary N) is 3. The fourth-order valence-electron chi connectivity index (χ4n) is 4.32. The number of aliphatic hydroxyl groups is 1. The second kappa shape index (κ2) is 11.4. The molecule has 2 aromatic heterocycles.